The molecule has 1 aliphatic heterocycles. The second kappa shape index (κ2) is 55.7. The minimum atomic E-state index is -2.10. The third-order valence-corrected chi connectivity index (χ3v) is 18.9. The van der Waals surface area contributed by atoms with Crippen molar-refractivity contribution in [2.75, 3.05) is 52.4 Å². The van der Waals surface area contributed by atoms with Gasteiger partial charge in [-0.2, -0.15) is 0 Å². The highest BCUT2D eigenvalue weighted by Gasteiger charge is 2.40. The number of rotatable bonds is 40. The molecule has 0 bridgehead atoms. The zero-order chi connectivity index (χ0) is 98.7. The molecule has 1 aliphatic rings. The van der Waals surface area contributed by atoms with Crippen LogP contribution in [0.2, 0.25) is 0 Å². The number of nitrogens with one attached hydrogen (secondary N) is 16. The molecule has 1 fully saturated rings. The summed E-state index contributed by atoms with van der Waals surface area (Å²) in [5.74, 6) is -14.8. The number of hydrogen-bond acceptors (Lipinski definition) is 26. The summed E-state index contributed by atoms with van der Waals surface area (Å²) in [6.45, 7) is 21.9. The third-order valence-electron chi connectivity index (χ3n) is 18.9. The molecule has 44 nitrogen and oxygen atoms in total. The van der Waals surface area contributed by atoms with Gasteiger partial charge in [-0.3, -0.25) is 67.2 Å². The monoisotopic (exact) mass is 1850 g/mol. The lowest BCUT2D eigenvalue weighted by molar-refractivity contribution is -0.137. The van der Waals surface area contributed by atoms with Gasteiger partial charge >= 0.3 is 30.5 Å². The van der Waals surface area contributed by atoms with E-state index >= 15 is 14.4 Å². The fraction of sp³-hybridized carbons (Fsp3) is 0.655. The fourth-order valence-corrected chi connectivity index (χ4v) is 12.6. The average molecular weight is 1850 g/mol. The average Bonchev–Trinajstić information content (AvgIpc) is 1.44. The van der Waals surface area contributed by atoms with Gasteiger partial charge in [0.1, 0.15) is 109 Å². The van der Waals surface area contributed by atoms with Crippen LogP contribution in [0.25, 0.3) is 0 Å². The molecule has 2 aromatic rings. The highest BCUT2D eigenvalue weighted by molar-refractivity contribution is 6.00. The molecule has 1 heterocycles. The Morgan fingerprint density at radius 3 is 1.36 bits per heavy atom. The second-order valence-corrected chi connectivity index (χ2v) is 36.1. The van der Waals surface area contributed by atoms with Crippen LogP contribution in [0.3, 0.4) is 0 Å². The van der Waals surface area contributed by atoms with Gasteiger partial charge in [0.2, 0.25) is 76.8 Å². The number of aliphatic hydroxyl groups excluding tert-OH is 2. The number of hydrogen-bond donors (Lipinski definition) is 20. The van der Waals surface area contributed by atoms with Gasteiger partial charge in [-0.1, -0.05) is 107 Å². The predicted octanol–water partition coefficient (Wildman–Crippen LogP) is -0.00800. The van der Waals surface area contributed by atoms with E-state index in [4.69, 9.17) is 35.2 Å². The summed E-state index contributed by atoms with van der Waals surface area (Å²) < 4.78 is 26.9. The molecule has 131 heavy (non-hydrogen) atoms. The zero-order valence-electron chi connectivity index (χ0n) is 78.3. The largest absolute Gasteiger partial charge is 0.445 e. The molecule has 2 aromatic carbocycles. The number of carbonyl (C=O) groups is 18. The molecule has 0 saturated carbocycles. The molecule has 18 amide bonds. The standard InChI is InChI=1S/C87H141N19O25/c1-18-19-20-27-32-55(95-65(110)48-106(47-64(89)109)83(126)127-49-54-30-25-22-26-31-54)68(111)98-61(38-44-94-82(125)131-87(15,16)17)74(117)105-67(52(5)108)78(121)101-59(36-42-92-80(123)129-85(9,10)11)72(115)97-57-34-40-90-77(120)66(51(4)107)104-73(116)60(37-43-93-81(124)130-86(12,13)14)99-71(114)58(35-41-91-79(122)128-84(6,7)8)100-75(118)62(45-50(2)3)102-76(119)63(46-53-28-23-21-24-29-53)103-69(112)56(33-39-88)96-70(57)113/h21-26,28-31,50-52,55-63,66-67,107-108H,18-20,27,32-49,88H2,1-17H3,(H2,89,109)(H,90,120)(H,91,122)(H,92,123)(H,93,124)(H,94,125)(H,95,110)(H,96,113)(H,97,115)(H,98,111)(H,99,114)(H,100,118)(H,101,121)(H,102,119)(H,103,112)(H,104,116)(H,105,117)/t51-,52?,55+,56+,57?,58+,59+,60+,61+,62+,63-,66+,67?/m1/s1. The summed E-state index contributed by atoms with van der Waals surface area (Å²) in [5.41, 5.74) is 8.55. The first-order valence-electron chi connectivity index (χ1n) is 44.0. The van der Waals surface area contributed by atoms with Crippen molar-refractivity contribution < 1.29 is 120 Å². The molecule has 44 heteroatoms. The molecule has 0 spiro atoms. The summed E-state index contributed by atoms with van der Waals surface area (Å²) >= 11 is 0. The molecule has 0 aliphatic carbocycles. The van der Waals surface area contributed by atoms with Crippen LogP contribution >= 0.6 is 0 Å². The Hall–Kier alpha value is -12.2. The van der Waals surface area contributed by atoms with Crippen molar-refractivity contribution in [2.24, 2.45) is 17.4 Å². The Morgan fingerprint density at radius 1 is 0.473 bits per heavy atom. The zero-order valence-corrected chi connectivity index (χ0v) is 78.3. The maximum absolute atomic E-state index is 15.3. The van der Waals surface area contributed by atoms with Gasteiger partial charge in [-0.25, -0.2) is 24.0 Å². The Morgan fingerprint density at radius 2 is 0.893 bits per heavy atom. The van der Waals surface area contributed by atoms with Gasteiger partial charge in [-0.05, 0) is 172 Å². The molecule has 0 radical (unpaired) electrons. The molecule has 734 valence electrons. The van der Waals surface area contributed by atoms with Crippen LogP contribution in [0.5, 0.6) is 0 Å². The van der Waals surface area contributed by atoms with Gasteiger partial charge in [-0.15, -0.1) is 0 Å². The van der Waals surface area contributed by atoms with Gasteiger partial charge in [0.25, 0.3) is 0 Å². The molecule has 3 unspecified atom stereocenters. The number of alkyl carbamates (subject to hydrolysis) is 4. The number of amides is 18. The van der Waals surface area contributed by atoms with Crippen molar-refractivity contribution in [3.8, 4) is 0 Å². The minimum Gasteiger partial charge on any atom is -0.445 e. The number of nitrogens with zero attached hydrogens (tertiary/aromatic N) is 1. The van der Waals surface area contributed by atoms with Crippen molar-refractivity contribution >= 4 is 107 Å². The van der Waals surface area contributed by atoms with E-state index in [-0.39, 0.29) is 51.3 Å². The Labute approximate surface area is 764 Å². The van der Waals surface area contributed by atoms with Crippen LogP contribution < -0.4 is 96.5 Å². The number of ether oxygens (including phenoxy) is 5. The van der Waals surface area contributed by atoms with Crippen LogP contribution in [0.1, 0.15) is 206 Å². The highest BCUT2D eigenvalue weighted by atomic mass is 16.6. The predicted molar refractivity (Wildman–Crippen MR) is 477 cm³/mol. The maximum Gasteiger partial charge on any atom is 0.411 e. The fourth-order valence-electron chi connectivity index (χ4n) is 12.6. The summed E-state index contributed by atoms with van der Waals surface area (Å²) in [4.78, 5) is 256. The lowest BCUT2D eigenvalue weighted by Gasteiger charge is -2.29. The molecule has 22 N–H and O–H groups in total. The first-order valence-corrected chi connectivity index (χ1v) is 44.0. The molecule has 3 rings (SSSR count). The summed E-state index contributed by atoms with van der Waals surface area (Å²) in [6, 6.07) is -2.72. The topological polar surface area (TPSA) is 642 Å². The number of unbranched alkanes of at least 4 members (excludes halogenated alkanes) is 3. The summed E-state index contributed by atoms with van der Waals surface area (Å²) in [5, 5.41) is 63.1. The van der Waals surface area contributed by atoms with Crippen molar-refractivity contribution in [1.82, 2.24) is 90.0 Å². The Kier molecular flexibility index (Phi) is 48.0. The first kappa shape index (κ1) is 113. The van der Waals surface area contributed by atoms with Crippen molar-refractivity contribution in [3.63, 3.8) is 0 Å². The highest BCUT2D eigenvalue weighted by Crippen LogP contribution is 2.17. The van der Waals surface area contributed by atoms with Gasteiger partial charge in [0.05, 0.1) is 12.2 Å². The van der Waals surface area contributed by atoms with E-state index < -0.39 is 280 Å². The van der Waals surface area contributed by atoms with E-state index in [0.29, 0.717) is 35.3 Å². The van der Waals surface area contributed by atoms with Gasteiger partial charge in [0.15, 0.2) is 0 Å². The van der Waals surface area contributed by atoms with E-state index in [1.807, 2.05) is 6.92 Å². The van der Waals surface area contributed by atoms with Crippen molar-refractivity contribution in [3.05, 3.63) is 71.8 Å². The molecule has 0 aromatic heterocycles. The van der Waals surface area contributed by atoms with Crippen molar-refractivity contribution in [2.45, 2.75) is 309 Å². The summed E-state index contributed by atoms with van der Waals surface area (Å²) in [6.07, 6.45) is -9.83. The smallest absolute Gasteiger partial charge is 0.411 e. The summed E-state index contributed by atoms with van der Waals surface area (Å²) in [7, 11) is 0. The molecule has 1 saturated heterocycles. The maximum atomic E-state index is 15.3. The lowest BCUT2D eigenvalue weighted by Crippen LogP contribution is -2.62. The quantitative estimate of drug-likeness (QED) is 0.0308. The first-order chi connectivity index (χ1) is 61.2. The number of carbonyl (C=O) groups excluding carboxylic acids is 18. The number of benzene rings is 2. The van der Waals surface area contributed by atoms with Crippen LogP contribution in [-0.2, 0) is 99.0 Å². The SMILES string of the molecule is CCCCCC[C@H](NC(=O)CN(CC(N)=O)C(=O)OCc1ccccc1)C(=O)N[C@@H](CCNC(=O)OC(C)(C)C)C(=O)NC(C(=O)N[C@@H](CCNC(=O)OC(C)(C)C)C(=O)NC1CCNC(=O)[C@H]([C@@H](C)O)NC(=O)[C@H](CCNC(=O)OC(C)(C)C)NC(=O)[C@H](CCNC(=O)OC(C)(C)C)NC(=O)[C@H](CC(C)C)NC(=O)[C@@H](Cc2ccccc2)NC(=O)[C@H](CCN)NC1=O)C(C)O. The van der Waals surface area contributed by atoms with E-state index in [9.17, 15) is 82.1 Å². The van der Waals surface area contributed by atoms with E-state index in [1.54, 1.807) is 158 Å². The van der Waals surface area contributed by atoms with Crippen LogP contribution in [0, 0.1) is 5.92 Å². The number of nitrogens with two attached hydrogens (primary N) is 2. The third kappa shape index (κ3) is 46.7. The van der Waals surface area contributed by atoms with E-state index in [2.05, 4.69) is 85.1 Å². The van der Waals surface area contributed by atoms with Crippen LogP contribution in [-0.4, -0.2) is 276 Å². The van der Waals surface area contributed by atoms with Gasteiger partial charge < -0.3 is 130 Å². The molecular formula is C87H141N19O25. The minimum absolute atomic E-state index is 0.0735. The lowest BCUT2D eigenvalue weighted by atomic mass is 10.00. The molecular weight excluding hydrogens is 1710 g/mol. The number of primary amides is 1. The Balaban J connectivity index is 2.31. The van der Waals surface area contributed by atoms with Crippen LogP contribution in [0.15, 0.2) is 60.7 Å². The number of aliphatic hydroxyl groups is 2. The van der Waals surface area contributed by atoms with E-state index in [0.717, 1.165) is 20.3 Å². The normalized spacial score (nSPS) is 19.0. The van der Waals surface area contributed by atoms with E-state index in [1.165, 1.54) is 0 Å². The van der Waals surface area contributed by atoms with Crippen molar-refractivity contribution in [1.29, 1.82) is 0 Å². The van der Waals surface area contributed by atoms with Crippen LogP contribution in [0.4, 0.5) is 24.0 Å². The second-order valence-electron chi connectivity index (χ2n) is 36.1. The van der Waals surface area contributed by atoms with Gasteiger partial charge in [0, 0.05) is 39.1 Å². The molecule has 13 atom stereocenters. The Bertz CT molecular complexity index is 4120.